The van der Waals surface area contributed by atoms with Crippen molar-refractivity contribution in [2.24, 2.45) is 5.92 Å². The van der Waals surface area contributed by atoms with Gasteiger partial charge in [0.2, 0.25) is 0 Å². The highest BCUT2D eigenvalue weighted by molar-refractivity contribution is 6.11. The molecule has 1 unspecified atom stereocenters. The van der Waals surface area contributed by atoms with Crippen molar-refractivity contribution in [3.63, 3.8) is 0 Å². The van der Waals surface area contributed by atoms with E-state index in [1.54, 1.807) is 0 Å². The van der Waals surface area contributed by atoms with Crippen LogP contribution in [0.1, 0.15) is 41.5 Å². The Balaban J connectivity index is 4.30. The van der Waals surface area contributed by atoms with Crippen LogP contribution in [0.15, 0.2) is 0 Å². The minimum absolute atomic E-state index is 0.185. The van der Waals surface area contributed by atoms with Gasteiger partial charge in [0.15, 0.2) is 0 Å². The fourth-order valence-corrected chi connectivity index (χ4v) is 1.63. The molecule has 0 aromatic carbocycles. The summed E-state index contributed by atoms with van der Waals surface area (Å²) in [5.74, 6) is 0.708. The van der Waals surface area contributed by atoms with E-state index in [9.17, 15) is 0 Å². The summed E-state index contributed by atoms with van der Waals surface area (Å²) in [4.78, 5) is 2.35. The van der Waals surface area contributed by atoms with Crippen LogP contribution in [-0.2, 0) is 0 Å². The van der Waals surface area contributed by atoms with Gasteiger partial charge >= 0.3 is 0 Å². The molecular formula is C10H22BN. The molecule has 1 nitrogen and oxygen atoms in total. The molecule has 2 heteroatoms. The van der Waals surface area contributed by atoms with Crippen LogP contribution in [-0.4, -0.2) is 30.8 Å². The molecule has 0 fully saturated rings. The zero-order valence-corrected chi connectivity index (χ0v) is 9.33. The molecule has 0 bridgehead atoms. The summed E-state index contributed by atoms with van der Waals surface area (Å²) in [5, 5.41) is 0. The zero-order valence-electron chi connectivity index (χ0n) is 9.33. The van der Waals surface area contributed by atoms with E-state index in [1.807, 2.05) is 0 Å². The van der Waals surface area contributed by atoms with Crippen molar-refractivity contribution < 1.29 is 0 Å². The second-order valence-corrected chi connectivity index (χ2v) is 4.37. The fraction of sp³-hybridized carbons (Fsp3) is 1.00. The average Bonchev–Trinajstić information content (AvgIpc) is 1.85. The lowest BCUT2D eigenvalue weighted by atomic mass is 9.83. The van der Waals surface area contributed by atoms with E-state index in [4.69, 9.17) is 7.85 Å². The molecule has 2 radical (unpaired) electrons. The Hall–Kier alpha value is 0.0249. The first-order valence-electron chi connectivity index (χ1n) is 4.91. The van der Waals surface area contributed by atoms with Gasteiger partial charge in [-0.05, 0) is 39.6 Å². The molecule has 0 N–H and O–H groups in total. The lowest BCUT2D eigenvalue weighted by Crippen LogP contribution is -2.47. The van der Waals surface area contributed by atoms with Gasteiger partial charge in [0.1, 0.15) is 0 Å². The lowest BCUT2D eigenvalue weighted by molar-refractivity contribution is 0.130. The Kier molecular flexibility index (Phi) is 4.92. The largest absolute Gasteiger partial charge is 0.304 e. The molecule has 0 amide bonds. The average molecular weight is 167 g/mol. The van der Waals surface area contributed by atoms with Gasteiger partial charge in [-0.2, -0.15) is 0 Å². The SMILES string of the molecule is [B]C(C(C)C)N(C(C)C)C(C)C. The molecule has 0 aliphatic carbocycles. The summed E-state index contributed by atoms with van der Waals surface area (Å²) in [6.45, 7) is 13.1. The number of hydrogen-bond donors (Lipinski definition) is 0. The first kappa shape index (κ1) is 12.0. The fourth-order valence-electron chi connectivity index (χ4n) is 1.63. The van der Waals surface area contributed by atoms with Crippen LogP contribution in [0.3, 0.4) is 0 Å². The Morgan fingerprint density at radius 3 is 1.25 bits per heavy atom. The quantitative estimate of drug-likeness (QED) is 0.580. The van der Waals surface area contributed by atoms with Gasteiger partial charge in [-0.25, -0.2) is 0 Å². The normalized spacial score (nSPS) is 15.2. The van der Waals surface area contributed by atoms with Crippen LogP contribution < -0.4 is 0 Å². The zero-order chi connectivity index (χ0) is 9.89. The topological polar surface area (TPSA) is 3.24 Å². The van der Waals surface area contributed by atoms with Gasteiger partial charge in [0, 0.05) is 12.1 Å². The summed E-state index contributed by atoms with van der Waals surface area (Å²) < 4.78 is 0. The van der Waals surface area contributed by atoms with Crippen molar-refractivity contribution in [2.45, 2.75) is 59.6 Å². The molecular weight excluding hydrogens is 145 g/mol. The molecule has 70 valence electrons. The van der Waals surface area contributed by atoms with Crippen molar-refractivity contribution in [3.05, 3.63) is 0 Å². The maximum atomic E-state index is 6.09. The van der Waals surface area contributed by atoms with Gasteiger partial charge in [0.25, 0.3) is 0 Å². The van der Waals surface area contributed by atoms with E-state index in [-0.39, 0.29) is 5.94 Å². The molecule has 0 saturated heterocycles. The van der Waals surface area contributed by atoms with E-state index < -0.39 is 0 Å². The van der Waals surface area contributed by atoms with Crippen LogP contribution in [0.4, 0.5) is 0 Å². The highest BCUT2D eigenvalue weighted by Crippen LogP contribution is 2.14. The van der Waals surface area contributed by atoms with E-state index >= 15 is 0 Å². The van der Waals surface area contributed by atoms with Gasteiger partial charge in [-0.1, -0.05) is 13.8 Å². The van der Waals surface area contributed by atoms with E-state index in [2.05, 4.69) is 46.4 Å². The van der Waals surface area contributed by atoms with Crippen molar-refractivity contribution in [3.8, 4) is 0 Å². The Labute approximate surface area is 78.9 Å². The molecule has 0 aromatic heterocycles. The molecule has 0 aromatic rings. The maximum absolute atomic E-state index is 6.09. The maximum Gasteiger partial charge on any atom is 0.0914 e. The molecule has 1 atom stereocenters. The highest BCUT2D eigenvalue weighted by Gasteiger charge is 2.21. The summed E-state index contributed by atoms with van der Waals surface area (Å²) >= 11 is 0. The highest BCUT2D eigenvalue weighted by atomic mass is 15.2. The monoisotopic (exact) mass is 167 g/mol. The first-order chi connectivity index (χ1) is 5.37. The first-order valence-corrected chi connectivity index (χ1v) is 4.91. The molecule has 12 heavy (non-hydrogen) atoms. The minimum Gasteiger partial charge on any atom is -0.304 e. The smallest absolute Gasteiger partial charge is 0.0914 e. The molecule has 0 aliphatic rings. The van der Waals surface area contributed by atoms with Gasteiger partial charge in [-0.15, -0.1) is 0 Å². The summed E-state index contributed by atoms with van der Waals surface area (Å²) in [5.41, 5.74) is 0. The van der Waals surface area contributed by atoms with Crippen molar-refractivity contribution in [1.29, 1.82) is 0 Å². The third-order valence-electron chi connectivity index (χ3n) is 2.22. The third kappa shape index (κ3) is 3.18. The number of rotatable bonds is 4. The predicted octanol–water partition coefficient (Wildman–Crippen LogP) is 2.26. The van der Waals surface area contributed by atoms with Gasteiger partial charge in [0.05, 0.1) is 7.85 Å². The van der Waals surface area contributed by atoms with Crippen LogP contribution in [0.5, 0.6) is 0 Å². The van der Waals surface area contributed by atoms with Crippen LogP contribution in [0, 0.1) is 5.92 Å². The van der Waals surface area contributed by atoms with Crippen molar-refractivity contribution >= 4 is 7.85 Å². The molecule has 0 heterocycles. The van der Waals surface area contributed by atoms with Crippen LogP contribution in [0.2, 0.25) is 0 Å². The Morgan fingerprint density at radius 1 is 0.833 bits per heavy atom. The van der Waals surface area contributed by atoms with E-state index in [0.717, 1.165) is 0 Å². The summed E-state index contributed by atoms with van der Waals surface area (Å²) in [6, 6.07) is 1.06. The number of hydrogen-bond acceptors (Lipinski definition) is 1. The molecule has 0 spiro atoms. The van der Waals surface area contributed by atoms with Crippen LogP contribution >= 0.6 is 0 Å². The van der Waals surface area contributed by atoms with Crippen molar-refractivity contribution in [2.75, 3.05) is 0 Å². The predicted molar refractivity (Wildman–Crippen MR) is 56.5 cm³/mol. The van der Waals surface area contributed by atoms with Gasteiger partial charge < -0.3 is 4.90 Å². The van der Waals surface area contributed by atoms with Gasteiger partial charge in [-0.3, -0.25) is 0 Å². The molecule has 0 aliphatic heterocycles. The van der Waals surface area contributed by atoms with E-state index in [1.165, 1.54) is 0 Å². The number of nitrogens with zero attached hydrogens (tertiary/aromatic N) is 1. The summed E-state index contributed by atoms with van der Waals surface area (Å²) in [6.07, 6.45) is 0. The minimum atomic E-state index is 0.185. The standard InChI is InChI=1S/C10H22BN/c1-7(2)10(11)12(8(3)4)9(5)6/h7-10H,1-6H3. The van der Waals surface area contributed by atoms with Crippen LogP contribution in [0.25, 0.3) is 0 Å². The second-order valence-electron chi connectivity index (χ2n) is 4.37. The molecule has 0 rings (SSSR count). The molecule has 0 saturated carbocycles. The third-order valence-corrected chi connectivity index (χ3v) is 2.22. The van der Waals surface area contributed by atoms with E-state index in [0.29, 0.717) is 18.0 Å². The summed E-state index contributed by atoms with van der Waals surface area (Å²) in [7, 11) is 6.09. The lowest BCUT2D eigenvalue weighted by Gasteiger charge is -2.39. The second kappa shape index (κ2) is 4.91. The Morgan fingerprint density at radius 2 is 1.17 bits per heavy atom. The van der Waals surface area contributed by atoms with Crippen molar-refractivity contribution in [1.82, 2.24) is 4.90 Å². The Bertz CT molecular complexity index is 113.